The van der Waals surface area contributed by atoms with Crippen molar-refractivity contribution in [3.63, 3.8) is 0 Å². The summed E-state index contributed by atoms with van der Waals surface area (Å²) in [4.78, 5) is 4.18. The Morgan fingerprint density at radius 2 is 2.20 bits per heavy atom. The van der Waals surface area contributed by atoms with Gasteiger partial charge in [-0.3, -0.25) is 0 Å². The van der Waals surface area contributed by atoms with Gasteiger partial charge in [0, 0.05) is 33.1 Å². The van der Waals surface area contributed by atoms with Crippen molar-refractivity contribution in [2.24, 2.45) is 5.73 Å². The highest BCUT2D eigenvalue weighted by Crippen LogP contribution is 2.01. The van der Waals surface area contributed by atoms with Gasteiger partial charge in [-0.15, -0.1) is 0 Å². The van der Waals surface area contributed by atoms with E-state index < -0.39 is 0 Å². The molecule has 1 unspecified atom stereocenters. The molecule has 1 rings (SSSR count). The lowest BCUT2D eigenvalue weighted by molar-refractivity contribution is 0.176. The number of nitrogens with two attached hydrogens (primary N) is 1. The molecule has 0 saturated carbocycles. The summed E-state index contributed by atoms with van der Waals surface area (Å²) in [7, 11) is 3.24. The number of aromatic nitrogens is 2. The molecule has 1 atom stereocenters. The van der Waals surface area contributed by atoms with Crippen LogP contribution in [-0.4, -0.2) is 43.6 Å². The van der Waals surface area contributed by atoms with E-state index in [1.165, 1.54) is 0 Å². The minimum absolute atomic E-state index is 0.106. The molecule has 0 radical (unpaired) electrons. The number of rotatable bonds is 7. The lowest BCUT2D eigenvalue weighted by atomic mass is 10.2. The Balaban J connectivity index is 2.38. The van der Waals surface area contributed by atoms with Gasteiger partial charge in [0.25, 0.3) is 0 Å². The van der Waals surface area contributed by atoms with E-state index in [0.29, 0.717) is 37.8 Å². The van der Waals surface area contributed by atoms with Crippen LogP contribution < -0.4 is 5.73 Å². The Bertz CT molecular complexity index is 277. The molecule has 6 heteroatoms. The predicted octanol–water partition coefficient (Wildman–Crippen LogP) is -0.225. The molecule has 0 bridgehead atoms. The minimum atomic E-state index is -0.106. The molecular weight excluding hydrogens is 198 g/mol. The molecule has 0 saturated heterocycles. The summed E-state index contributed by atoms with van der Waals surface area (Å²) < 4.78 is 14.8. The third kappa shape index (κ3) is 4.37. The highest BCUT2D eigenvalue weighted by molar-refractivity contribution is 4.89. The molecule has 2 N–H and O–H groups in total. The number of ether oxygens (including phenoxy) is 2. The number of methoxy groups -OCH3 is 2. The van der Waals surface area contributed by atoms with Crippen molar-refractivity contribution < 1.29 is 14.0 Å². The Morgan fingerprint density at radius 1 is 1.40 bits per heavy atom. The molecule has 0 spiro atoms. The molecule has 15 heavy (non-hydrogen) atoms. The van der Waals surface area contributed by atoms with Gasteiger partial charge in [-0.1, -0.05) is 5.16 Å². The van der Waals surface area contributed by atoms with Crippen molar-refractivity contribution in [2.75, 3.05) is 27.4 Å². The van der Waals surface area contributed by atoms with Crippen molar-refractivity contribution in [3.05, 3.63) is 11.7 Å². The van der Waals surface area contributed by atoms with Crippen LogP contribution in [0.5, 0.6) is 0 Å². The van der Waals surface area contributed by atoms with E-state index >= 15 is 0 Å². The van der Waals surface area contributed by atoms with Gasteiger partial charge in [-0.05, 0) is 0 Å². The number of nitrogens with zero attached hydrogens (tertiary/aromatic N) is 2. The van der Waals surface area contributed by atoms with E-state index in [9.17, 15) is 0 Å². The predicted molar refractivity (Wildman–Crippen MR) is 53.4 cm³/mol. The zero-order chi connectivity index (χ0) is 11.1. The van der Waals surface area contributed by atoms with Gasteiger partial charge in [0.2, 0.25) is 5.89 Å². The maximum absolute atomic E-state index is 5.75. The third-order valence-corrected chi connectivity index (χ3v) is 1.86. The van der Waals surface area contributed by atoms with Crippen molar-refractivity contribution in [1.29, 1.82) is 0 Å². The van der Waals surface area contributed by atoms with Crippen LogP contribution in [0.3, 0.4) is 0 Å². The molecule has 0 aliphatic carbocycles. The lowest BCUT2D eigenvalue weighted by Gasteiger charge is -2.05. The first-order valence-electron chi connectivity index (χ1n) is 4.81. The fourth-order valence-electron chi connectivity index (χ4n) is 1.17. The highest BCUT2D eigenvalue weighted by atomic mass is 16.5. The zero-order valence-corrected chi connectivity index (χ0v) is 9.10. The largest absolute Gasteiger partial charge is 0.384 e. The summed E-state index contributed by atoms with van der Waals surface area (Å²) in [5.74, 6) is 1.20. The summed E-state index contributed by atoms with van der Waals surface area (Å²) in [6.45, 7) is 1.07. The summed E-state index contributed by atoms with van der Waals surface area (Å²) in [6.07, 6.45) is 1.19. The monoisotopic (exact) mass is 215 g/mol. The van der Waals surface area contributed by atoms with E-state index in [1.54, 1.807) is 14.2 Å². The van der Waals surface area contributed by atoms with Crippen LogP contribution in [0.25, 0.3) is 0 Å². The molecule has 1 aromatic rings. The summed E-state index contributed by atoms with van der Waals surface area (Å²) in [5, 5.41) is 3.80. The molecule has 1 aromatic heterocycles. The van der Waals surface area contributed by atoms with Crippen molar-refractivity contribution in [3.8, 4) is 0 Å². The highest BCUT2D eigenvalue weighted by Gasteiger charge is 2.10. The quantitative estimate of drug-likeness (QED) is 0.676. The van der Waals surface area contributed by atoms with Crippen LogP contribution in [0.1, 0.15) is 11.7 Å². The van der Waals surface area contributed by atoms with E-state index in [0.717, 1.165) is 0 Å². The maximum atomic E-state index is 5.75. The van der Waals surface area contributed by atoms with Gasteiger partial charge in [-0.2, -0.15) is 4.98 Å². The molecule has 0 aromatic carbocycles. The SMILES string of the molecule is COCCc1noc(CC(N)COC)n1. The van der Waals surface area contributed by atoms with Crippen molar-refractivity contribution in [1.82, 2.24) is 10.1 Å². The Kier molecular flexibility index (Phi) is 5.23. The minimum Gasteiger partial charge on any atom is -0.384 e. The Hall–Kier alpha value is -0.980. The Morgan fingerprint density at radius 3 is 2.87 bits per heavy atom. The van der Waals surface area contributed by atoms with E-state index in [-0.39, 0.29) is 6.04 Å². The van der Waals surface area contributed by atoms with Gasteiger partial charge in [0.1, 0.15) is 0 Å². The second-order valence-electron chi connectivity index (χ2n) is 3.27. The van der Waals surface area contributed by atoms with E-state index in [1.807, 2.05) is 0 Å². The molecule has 1 heterocycles. The first-order valence-corrected chi connectivity index (χ1v) is 4.81. The first kappa shape index (κ1) is 12.1. The summed E-state index contributed by atoms with van der Waals surface area (Å²) >= 11 is 0. The molecule has 6 nitrogen and oxygen atoms in total. The zero-order valence-electron chi connectivity index (χ0n) is 9.10. The first-order chi connectivity index (χ1) is 7.26. The molecule has 86 valence electrons. The smallest absolute Gasteiger partial charge is 0.228 e. The number of hydrogen-bond acceptors (Lipinski definition) is 6. The van der Waals surface area contributed by atoms with Crippen molar-refractivity contribution >= 4 is 0 Å². The van der Waals surface area contributed by atoms with Crippen LogP contribution in [-0.2, 0) is 22.3 Å². The third-order valence-electron chi connectivity index (χ3n) is 1.86. The van der Waals surface area contributed by atoms with Crippen LogP contribution >= 0.6 is 0 Å². The summed E-state index contributed by atoms with van der Waals surface area (Å²) in [5.41, 5.74) is 5.75. The maximum Gasteiger partial charge on any atom is 0.228 e. The van der Waals surface area contributed by atoms with E-state index in [4.69, 9.17) is 19.7 Å². The van der Waals surface area contributed by atoms with Gasteiger partial charge < -0.3 is 19.7 Å². The number of hydrogen-bond donors (Lipinski definition) is 1. The van der Waals surface area contributed by atoms with Gasteiger partial charge in [0.15, 0.2) is 5.82 Å². The standard InChI is InChI=1S/C9H17N3O3/c1-13-4-3-8-11-9(15-12-8)5-7(10)6-14-2/h7H,3-6,10H2,1-2H3. The Labute approximate surface area is 88.7 Å². The van der Waals surface area contributed by atoms with Crippen molar-refractivity contribution in [2.45, 2.75) is 18.9 Å². The fourth-order valence-corrected chi connectivity index (χ4v) is 1.17. The van der Waals surface area contributed by atoms with Gasteiger partial charge >= 0.3 is 0 Å². The fraction of sp³-hybridized carbons (Fsp3) is 0.778. The molecule has 0 aliphatic heterocycles. The van der Waals surface area contributed by atoms with Gasteiger partial charge in [0.05, 0.1) is 13.2 Å². The second-order valence-corrected chi connectivity index (χ2v) is 3.27. The van der Waals surface area contributed by atoms with Gasteiger partial charge in [-0.25, -0.2) is 0 Å². The van der Waals surface area contributed by atoms with Crippen LogP contribution in [0.4, 0.5) is 0 Å². The normalized spacial score (nSPS) is 13.0. The average Bonchev–Trinajstić information content (AvgIpc) is 2.63. The molecule has 0 amide bonds. The second kappa shape index (κ2) is 6.49. The van der Waals surface area contributed by atoms with Crippen LogP contribution in [0.2, 0.25) is 0 Å². The topological polar surface area (TPSA) is 83.4 Å². The molecular formula is C9H17N3O3. The van der Waals surface area contributed by atoms with Crippen LogP contribution in [0.15, 0.2) is 4.52 Å². The molecule has 0 aliphatic rings. The van der Waals surface area contributed by atoms with E-state index in [2.05, 4.69) is 10.1 Å². The summed E-state index contributed by atoms with van der Waals surface area (Å²) in [6, 6.07) is -0.106. The lowest BCUT2D eigenvalue weighted by Crippen LogP contribution is -2.28. The average molecular weight is 215 g/mol. The van der Waals surface area contributed by atoms with Crippen LogP contribution in [0, 0.1) is 0 Å². The molecule has 0 fully saturated rings.